The summed E-state index contributed by atoms with van der Waals surface area (Å²) >= 11 is 0. The molecular weight excluding hydrogens is 1900 g/mol. The first-order valence-electron chi connectivity index (χ1n) is 67.5. The minimum atomic E-state index is -1.84. The summed E-state index contributed by atoms with van der Waals surface area (Å²) in [6.07, 6.45) is 90.2. The lowest BCUT2D eigenvalue weighted by molar-refractivity contribution is 0.731. The Bertz CT molecular complexity index is 2120. The summed E-state index contributed by atoms with van der Waals surface area (Å²) in [5, 5.41) is 0. The molecule has 0 fully saturated rings. The van der Waals surface area contributed by atoms with Gasteiger partial charge in [-0.25, -0.2) is 0 Å². The molecule has 0 nitrogen and oxygen atoms in total. The number of unbranched alkanes of at least 4 members (excludes halogenated alkanes) is 32. The van der Waals surface area contributed by atoms with Gasteiger partial charge < -0.3 is 0 Å². The lowest BCUT2D eigenvalue weighted by Gasteiger charge is -2.39. The summed E-state index contributed by atoms with van der Waals surface area (Å²) < 4.78 is 0. The first kappa shape index (κ1) is 144. The van der Waals surface area contributed by atoms with Crippen molar-refractivity contribution in [1.82, 2.24) is 0 Å². The Kier molecular flexibility index (Phi) is 89.6. The molecular formula is C128H284Si13. The molecule has 0 aliphatic heterocycles. The van der Waals surface area contributed by atoms with Crippen molar-refractivity contribution in [3.63, 3.8) is 0 Å². The van der Waals surface area contributed by atoms with E-state index < -0.39 is 105 Å². The third kappa shape index (κ3) is 74.6. The molecule has 0 aromatic heterocycles. The summed E-state index contributed by atoms with van der Waals surface area (Å²) in [7, 11) is -18.7. The maximum absolute atomic E-state index is 3.18. The average Bonchev–Trinajstić information content (AvgIpc) is 0.831. The van der Waals surface area contributed by atoms with Crippen molar-refractivity contribution >= 4 is 105 Å². The van der Waals surface area contributed by atoms with Crippen molar-refractivity contribution in [2.24, 2.45) is 0 Å². The van der Waals surface area contributed by atoms with Crippen LogP contribution in [0.4, 0.5) is 0 Å². The van der Waals surface area contributed by atoms with Gasteiger partial charge in [0.25, 0.3) is 0 Å². The molecule has 0 amide bonds. The second-order valence-corrected chi connectivity index (χ2v) is 123. The predicted octanol–water partition coefficient (Wildman–Crippen LogP) is 52.1. The minimum absolute atomic E-state index is 1.31. The van der Waals surface area contributed by atoms with E-state index in [-0.39, 0.29) is 0 Å². The van der Waals surface area contributed by atoms with E-state index in [0.717, 1.165) is 0 Å². The number of rotatable bonds is 112. The highest BCUT2D eigenvalue weighted by atomic mass is 28.4. The molecule has 0 atom stereocenters. The molecule has 0 heterocycles. The van der Waals surface area contributed by atoms with Gasteiger partial charge in [-0.2, -0.15) is 0 Å². The van der Waals surface area contributed by atoms with Crippen molar-refractivity contribution in [2.75, 3.05) is 0 Å². The van der Waals surface area contributed by atoms with Crippen LogP contribution >= 0.6 is 0 Å². The van der Waals surface area contributed by atoms with Crippen molar-refractivity contribution in [3.05, 3.63) is 0 Å². The molecule has 0 aliphatic carbocycles. The number of hydrogen-bond acceptors (Lipinski definition) is 0. The van der Waals surface area contributed by atoms with E-state index in [1.807, 2.05) is 0 Å². The van der Waals surface area contributed by atoms with Crippen LogP contribution in [0.2, 0.25) is 320 Å². The Hall–Kier alpha value is 2.82. The van der Waals surface area contributed by atoms with Gasteiger partial charge in [0.05, 0.1) is 105 Å². The second kappa shape index (κ2) is 87.9. The van der Waals surface area contributed by atoms with Gasteiger partial charge in [-0.3, -0.25) is 0 Å². The third-order valence-electron chi connectivity index (χ3n) is 40.6. The van der Waals surface area contributed by atoms with Crippen LogP contribution in [0.1, 0.15) is 496 Å². The summed E-state index contributed by atoms with van der Waals surface area (Å²) in [5.74, 6) is 0. The van der Waals surface area contributed by atoms with E-state index in [2.05, 4.69) is 189 Å². The molecule has 0 saturated carbocycles. The fourth-order valence-corrected chi connectivity index (χ4v) is 85.9. The first-order chi connectivity index (χ1) is 67.5. The molecule has 141 heavy (non-hydrogen) atoms. The van der Waals surface area contributed by atoms with Gasteiger partial charge in [0.15, 0.2) is 0 Å². The van der Waals surface area contributed by atoms with E-state index in [9.17, 15) is 0 Å². The Labute approximate surface area is 913 Å². The lowest BCUT2D eigenvalue weighted by atomic mass is 10.3. The Morgan fingerprint density at radius 2 is 0.128 bits per heavy atom. The summed E-state index contributed by atoms with van der Waals surface area (Å²) in [6.45, 7) is 76.4. The molecule has 0 saturated heterocycles. The van der Waals surface area contributed by atoms with Crippen molar-refractivity contribution in [3.8, 4) is 0 Å². The molecule has 0 aromatic carbocycles. The van der Waals surface area contributed by atoms with Gasteiger partial charge in [-0.15, -0.1) is 0 Å². The Morgan fingerprint density at radius 3 is 0.191 bits per heavy atom. The summed E-state index contributed by atoms with van der Waals surface area (Å²) in [6, 6.07) is 67.1. The molecule has 0 unspecified atom stereocenters. The summed E-state index contributed by atoms with van der Waals surface area (Å²) in [4.78, 5) is 0. The van der Waals surface area contributed by atoms with E-state index in [1.165, 1.54) is 308 Å². The molecule has 13 heteroatoms. The van der Waals surface area contributed by atoms with Crippen molar-refractivity contribution < 1.29 is 0 Å². The highest BCUT2D eigenvalue weighted by Gasteiger charge is 2.43. The van der Waals surface area contributed by atoms with Crippen LogP contribution < -0.4 is 0 Å². The van der Waals surface area contributed by atoms with E-state index >= 15 is 0 Å². The van der Waals surface area contributed by atoms with Crippen molar-refractivity contribution in [1.29, 1.82) is 0 Å². The normalized spacial score (nSPS) is 13.5. The average molecular weight is 2190 g/mol. The monoisotopic (exact) mass is 2190 g/mol. The van der Waals surface area contributed by atoms with Gasteiger partial charge in [-0.05, 0) is 0 Å². The van der Waals surface area contributed by atoms with Gasteiger partial charge in [0.1, 0.15) is 0 Å². The molecule has 0 spiro atoms. The SMILES string of the molecule is CCCCC[Si](C)(CCCCC)CCC[Si](C)(CCC[Si](C)(CCCCC)CCCCC)CCC[Si](CCC[Si](C)(CCC[Si](C)(CCCCC)CCCCC)CCC[Si](C)(CCCCC)CCCCC)(CCC[Si](C)(CCC[Si](C)(CCCCC)CCCCC)CCC[Si](C)(CCCCC)CCCCC)CCC[Si](C)(CCC[Si](C)(CCCCC)CCCCC)CCC[Si](C)(CCCCC)CCCCC. The van der Waals surface area contributed by atoms with Gasteiger partial charge in [-0.1, -0.05) is 816 Å². The lowest BCUT2D eigenvalue weighted by Crippen LogP contribution is -2.40. The molecule has 0 N–H and O–H groups in total. The predicted molar refractivity (Wildman–Crippen MR) is 705 cm³/mol. The zero-order valence-electron chi connectivity index (χ0n) is 105. The topological polar surface area (TPSA) is 0 Å². The van der Waals surface area contributed by atoms with Crippen LogP contribution in [0.15, 0.2) is 0 Å². The van der Waals surface area contributed by atoms with Gasteiger partial charge in [0.2, 0.25) is 0 Å². The number of hydrogen-bond donors (Lipinski definition) is 0. The van der Waals surface area contributed by atoms with Crippen LogP contribution in [0.25, 0.3) is 0 Å². The third-order valence-corrected chi connectivity index (χ3v) is 102. The first-order valence-corrected chi connectivity index (χ1v) is 108. The van der Waals surface area contributed by atoms with E-state index in [4.69, 9.17) is 0 Å². The molecule has 848 valence electrons. The zero-order chi connectivity index (χ0) is 105. The fourth-order valence-electron chi connectivity index (χ4n) is 29.2. The Balaban J connectivity index is 10.0. The van der Waals surface area contributed by atoms with Crippen LogP contribution in [0.3, 0.4) is 0 Å². The fraction of sp³-hybridized carbons (Fsp3) is 1.00. The van der Waals surface area contributed by atoms with Gasteiger partial charge >= 0.3 is 0 Å². The highest BCUT2D eigenvalue weighted by Crippen LogP contribution is 2.47. The van der Waals surface area contributed by atoms with Gasteiger partial charge in [0, 0.05) is 0 Å². The maximum atomic E-state index is 3.18. The van der Waals surface area contributed by atoms with Crippen LogP contribution in [0, 0.1) is 0 Å². The molecule has 0 aliphatic rings. The standard InChI is InChI=1S/C128H284Si13/c1-29-45-61-89-129(17,90-62-46-30-2)105-77-113-137(25,114-78-106-130(18,91-63-47-31-3)92-64-48-32-4)121-85-125-141(126-86-122-138(26,115-79-107-131(19,93-65-49-33-5)94-66-50-34-6)116-80-108-132(20,95-67-51-35-7)96-68-52-36-8,127-87-123-139(27,117-81-109-133(21,97-69-53-37-9)98-70-54-38-10)118-82-110-134(22,99-71-55-39-11)100-72-56-40-12)128-88-124-140(28,119-83-111-135(23,101-73-57-41-13)102-74-58-42-14)120-84-112-136(24,103-75-59-43-15)104-76-60-44-16/h29-128H2,1-28H3. The molecule has 0 rings (SSSR count). The molecule has 0 radical (unpaired) electrons. The van der Waals surface area contributed by atoms with E-state index in [0.29, 0.717) is 0 Å². The van der Waals surface area contributed by atoms with Crippen LogP contribution in [0.5, 0.6) is 0 Å². The largest absolute Gasteiger partial charge is 0.0691 e. The smallest absolute Gasteiger partial charge is 0.0535 e. The van der Waals surface area contributed by atoms with Crippen molar-refractivity contribution in [2.45, 2.75) is 816 Å². The molecule has 0 aromatic rings. The van der Waals surface area contributed by atoms with E-state index in [1.54, 1.807) is 319 Å². The maximum Gasteiger partial charge on any atom is 0.0535 e. The quantitative estimate of drug-likeness (QED) is 0.0421. The van der Waals surface area contributed by atoms with Crippen LogP contribution in [-0.4, -0.2) is 105 Å². The molecule has 0 bridgehead atoms. The minimum Gasteiger partial charge on any atom is -0.0691 e. The highest BCUT2D eigenvalue weighted by molar-refractivity contribution is 6.86. The Morgan fingerprint density at radius 1 is 0.0709 bits per heavy atom. The second-order valence-electron chi connectivity index (χ2n) is 56.8. The summed E-state index contributed by atoms with van der Waals surface area (Å²) in [5.41, 5.74) is 0. The zero-order valence-corrected chi connectivity index (χ0v) is 118. The van der Waals surface area contributed by atoms with Crippen LogP contribution in [-0.2, 0) is 0 Å².